The first-order chi connectivity index (χ1) is 8.84. The van der Waals surface area contributed by atoms with Crippen LogP contribution in [-0.2, 0) is 0 Å². The molecule has 2 fully saturated rings. The Hall–Kier alpha value is -0.470. The second-order valence-electron chi connectivity index (χ2n) is 5.82. The number of nitrogens with two attached hydrogens (primary N) is 1. The Bertz CT molecular complexity index is 372. The number of hydrogen-bond donors (Lipinski definition) is 1. The molecule has 0 saturated heterocycles. The Morgan fingerprint density at radius 2 is 1.89 bits per heavy atom. The Labute approximate surface area is 115 Å². The van der Waals surface area contributed by atoms with Crippen molar-refractivity contribution in [1.82, 2.24) is 0 Å². The van der Waals surface area contributed by atoms with Crippen molar-refractivity contribution in [1.29, 1.82) is 0 Å². The molecule has 1 aromatic carbocycles. The van der Waals surface area contributed by atoms with Crippen LogP contribution < -0.4 is 5.73 Å². The van der Waals surface area contributed by atoms with Gasteiger partial charge in [-0.2, -0.15) is 11.8 Å². The van der Waals surface area contributed by atoms with Gasteiger partial charge in [-0.25, -0.2) is 0 Å². The zero-order valence-electron chi connectivity index (χ0n) is 10.9. The van der Waals surface area contributed by atoms with Gasteiger partial charge in [0.05, 0.1) is 0 Å². The second-order valence-corrected chi connectivity index (χ2v) is 7.15. The van der Waals surface area contributed by atoms with Crippen LogP contribution in [0.4, 0.5) is 0 Å². The maximum Gasteiger partial charge on any atom is 0.0165 e. The van der Waals surface area contributed by atoms with E-state index >= 15 is 0 Å². The van der Waals surface area contributed by atoms with Gasteiger partial charge in [-0.05, 0) is 36.7 Å². The molecule has 2 aliphatic carbocycles. The summed E-state index contributed by atoms with van der Waals surface area (Å²) in [7, 11) is 0. The molecule has 3 unspecified atom stereocenters. The number of hydrogen-bond acceptors (Lipinski definition) is 2. The average molecular weight is 261 g/mol. The van der Waals surface area contributed by atoms with Crippen molar-refractivity contribution in [2.24, 2.45) is 11.7 Å². The lowest BCUT2D eigenvalue weighted by Gasteiger charge is -2.14. The van der Waals surface area contributed by atoms with Gasteiger partial charge in [-0.3, -0.25) is 0 Å². The molecule has 3 rings (SSSR count). The maximum absolute atomic E-state index is 6.36. The molecule has 0 radical (unpaired) electrons. The zero-order chi connectivity index (χ0) is 12.4. The predicted octanol–water partition coefficient (Wildman–Crippen LogP) is 3.79. The van der Waals surface area contributed by atoms with Crippen LogP contribution in [-0.4, -0.2) is 17.0 Å². The van der Waals surface area contributed by atoms with Crippen LogP contribution in [0.5, 0.6) is 0 Å². The highest BCUT2D eigenvalue weighted by molar-refractivity contribution is 7.99. The summed E-state index contributed by atoms with van der Waals surface area (Å²) >= 11 is 2.13. The van der Waals surface area contributed by atoms with Crippen molar-refractivity contribution >= 4 is 11.8 Å². The topological polar surface area (TPSA) is 26.0 Å². The van der Waals surface area contributed by atoms with Gasteiger partial charge in [0.1, 0.15) is 0 Å². The van der Waals surface area contributed by atoms with E-state index in [2.05, 4.69) is 42.1 Å². The summed E-state index contributed by atoms with van der Waals surface area (Å²) < 4.78 is 0. The van der Waals surface area contributed by atoms with Gasteiger partial charge in [0, 0.05) is 17.0 Å². The van der Waals surface area contributed by atoms with Crippen LogP contribution in [0.2, 0.25) is 0 Å². The van der Waals surface area contributed by atoms with Crippen molar-refractivity contribution in [3.05, 3.63) is 35.9 Å². The lowest BCUT2D eigenvalue weighted by atomic mass is 10.1. The third-order valence-electron chi connectivity index (χ3n) is 4.44. The molecule has 18 heavy (non-hydrogen) atoms. The average Bonchev–Trinajstić information content (AvgIpc) is 3.05. The molecule has 0 bridgehead atoms. The molecule has 2 N–H and O–H groups in total. The van der Waals surface area contributed by atoms with Crippen LogP contribution in [0, 0.1) is 5.92 Å². The van der Waals surface area contributed by atoms with Crippen molar-refractivity contribution in [2.45, 2.75) is 49.3 Å². The Balaban J connectivity index is 1.45. The van der Waals surface area contributed by atoms with Gasteiger partial charge in [0.2, 0.25) is 0 Å². The second kappa shape index (κ2) is 5.66. The number of rotatable bonds is 5. The third kappa shape index (κ3) is 2.92. The molecule has 3 atom stereocenters. The lowest BCUT2D eigenvalue weighted by molar-refractivity contribution is 0.638. The van der Waals surface area contributed by atoms with Crippen LogP contribution in [0.3, 0.4) is 0 Å². The Kier molecular flexibility index (Phi) is 3.95. The first-order valence-corrected chi connectivity index (χ1v) is 8.31. The molecule has 98 valence electrons. The van der Waals surface area contributed by atoms with Crippen LogP contribution >= 0.6 is 11.8 Å². The standard InChI is InChI=1S/C16H23NS/c17-16(11-18-13-8-4-5-9-13)15-10-14(15)12-6-2-1-3-7-12/h1-3,6-7,13-16H,4-5,8-11,17H2. The molecule has 1 aromatic rings. The lowest BCUT2D eigenvalue weighted by Crippen LogP contribution is -2.27. The van der Waals surface area contributed by atoms with Gasteiger partial charge in [-0.1, -0.05) is 43.2 Å². The highest BCUT2D eigenvalue weighted by Gasteiger charge is 2.42. The summed E-state index contributed by atoms with van der Waals surface area (Å²) in [5.74, 6) is 2.64. The van der Waals surface area contributed by atoms with E-state index in [1.54, 1.807) is 0 Å². The van der Waals surface area contributed by atoms with Crippen LogP contribution in [0.1, 0.15) is 43.6 Å². The summed E-state index contributed by atoms with van der Waals surface area (Å²) in [6.45, 7) is 0. The fraction of sp³-hybridized carbons (Fsp3) is 0.625. The Morgan fingerprint density at radius 3 is 2.61 bits per heavy atom. The van der Waals surface area contributed by atoms with E-state index < -0.39 is 0 Å². The number of benzene rings is 1. The third-order valence-corrected chi connectivity index (χ3v) is 5.96. The van der Waals surface area contributed by atoms with E-state index in [-0.39, 0.29) is 0 Å². The molecular formula is C16H23NS. The molecule has 1 nitrogen and oxygen atoms in total. The monoisotopic (exact) mass is 261 g/mol. The summed E-state index contributed by atoms with van der Waals surface area (Å²) in [5, 5.41) is 0.907. The number of thioether (sulfide) groups is 1. The summed E-state index contributed by atoms with van der Waals surface area (Å²) in [6, 6.07) is 11.3. The van der Waals surface area contributed by atoms with Gasteiger partial charge in [-0.15, -0.1) is 0 Å². The normalized spacial score (nSPS) is 29.4. The summed E-state index contributed by atoms with van der Waals surface area (Å²) in [5.41, 5.74) is 7.85. The molecule has 2 aliphatic rings. The zero-order valence-corrected chi connectivity index (χ0v) is 11.7. The minimum absolute atomic E-state index is 0.404. The molecular weight excluding hydrogens is 238 g/mol. The molecule has 2 saturated carbocycles. The largest absolute Gasteiger partial charge is 0.327 e. The van der Waals surface area contributed by atoms with Gasteiger partial charge in [0.25, 0.3) is 0 Å². The fourth-order valence-corrected chi connectivity index (χ4v) is 4.61. The summed E-state index contributed by atoms with van der Waals surface area (Å²) in [4.78, 5) is 0. The minimum Gasteiger partial charge on any atom is -0.327 e. The van der Waals surface area contributed by atoms with Crippen LogP contribution in [0.15, 0.2) is 30.3 Å². The van der Waals surface area contributed by atoms with Crippen molar-refractivity contribution in [3.63, 3.8) is 0 Å². The van der Waals surface area contributed by atoms with Crippen molar-refractivity contribution in [2.75, 3.05) is 5.75 Å². The van der Waals surface area contributed by atoms with E-state index in [9.17, 15) is 0 Å². The molecule has 0 heterocycles. The smallest absolute Gasteiger partial charge is 0.0165 e. The Morgan fingerprint density at radius 1 is 1.17 bits per heavy atom. The highest BCUT2D eigenvalue weighted by Crippen LogP contribution is 2.49. The van der Waals surface area contributed by atoms with Crippen molar-refractivity contribution < 1.29 is 0 Å². The van der Waals surface area contributed by atoms with E-state index in [0.29, 0.717) is 6.04 Å². The SMILES string of the molecule is NC(CSC1CCCC1)C1CC1c1ccccc1. The van der Waals surface area contributed by atoms with E-state index in [1.165, 1.54) is 43.4 Å². The fourth-order valence-electron chi connectivity index (χ4n) is 3.20. The minimum atomic E-state index is 0.404. The highest BCUT2D eigenvalue weighted by atomic mass is 32.2. The molecule has 0 spiro atoms. The van der Waals surface area contributed by atoms with Gasteiger partial charge in [0.15, 0.2) is 0 Å². The molecule has 0 amide bonds. The summed E-state index contributed by atoms with van der Waals surface area (Å²) in [6.07, 6.45) is 7.01. The van der Waals surface area contributed by atoms with Gasteiger partial charge >= 0.3 is 0 Å². The van der Waals surface area contributed by atoms with Crippen molar-refractivity contribution in [3.8, 4) is 0 Å². The molecule has 0 aliphatic heterocycles. The van der Waals surface area contributed by atoms with Crippen LogP contribution in [0.25, 0.3) is 0 Å². The van der Waals surface area contributed by atoms with E-state index in [0.717, 1.165) is 17.1 Å². The molecule has 0 aromatic heterocycles. The van der Waals surface area contributed by atoms with E-state index in [4.69, 9.17) is 5.73 Å². The first-order valence-electron chi connectivity index (χ1n) is 7.26. The van der Waals surface area contributed by atoms with E-state index in [1.807, 2.05) is 0 Å². The predicted molar refractivity (Wildman–Crippen MR) is 80.0 cm³/mol. The maximum atomic E-state index is 6.36. The van der Waals surface area contributed by atoms with Gasteiger partial charge < -0.3 is 5.73 Å². The quantitative estimate of drug-likeness (QED) is 0.872. The first kappa shape index (κ1) is 12.6. The molecule has 2 heteroatoms.